The molecular formula is C26H23ClN2O2. The lowest BCUT2D eigenvalue weighted by Gasteiger charge is -2.14. The predicted molar refractivity (Wildman–Crippen MR) is 127 cm³/mol. The number of nitrogens with one attached hydrogen (secondary N) is 1. The predicted octanol–water partition coefficient (Wildman–Crippen LogP) is 6.74. The molecule has 1 amide bonds. The van der Waals surface area contributed by atoms with Gasteiger partial charge in [-0.25, -0.2) is 4.98 Å². The second-order valence-electron chi connectivity index (χ2n) is 7.67. The molecule has 0 fully saturated rings. The summed E-state index contributed by atoms with van der Waals surface area (Å²) in [7, 11) is 1.63. The lowest BCUT2D eigenvalue weighted by atomic mass is 9.99. The first kappa shape index (κ1) is 20.9. The quantitative estimate of drug-likeness (QED) is 0.390. The molecule has 0 saturated carbocycles. The zero-order valence-electron chi connectivity index (χ0n) is 17.9. The number of fused-ring (bicyclic) bond motifs is 1. The largest absolute Gasteiger partial charge is 0.497 e. The van der Waals surface area contributed by atoms with E-state index in [2.05, 4.69) is 11.4 Å². The van der Waals surface area contributed by atoms with Gasteiger partial charge >= 0.3 is 0 Å². The lowest BCUT2D eigenvalue weighted by Crippen LogP contribution is -2.14. The van der Waals surface area contributed by atoms with E-state index in [9.17, 15) is 4.79 Å². The first-order chi connectivity index (χ1) is 14.9. The highest BCUT2D eigenvalue weighted by molar-refractivity contribution is 6.31. The van der Waals surface area contributed by atoms with Gasteiger partial charge < -0.3 is 10.1 Å². The number of amides is 1. The lowest BCUT2D eigenvalue weighted by molar-refractivity contribution is 0.102. The van der Waals surface area contributed by atoms with Gasteiger partial charge in [0.15, 0.2) is 0 Å². The van der Waals surface area contributed by atoms with Gasteiger partial charge in [0.1, 0.15) is 5.75 Å². The van der Waals surface area contributed by atoms with Crippen LogP contribution in [-0.2, 0) is 0 Å². The molecule has 5 heteroatoms. The fourth-order valence-corrected chi connectivity index (χ4v) is 3.87. The van der Waals surface area contributed by atoms with E-state index in [4.69, 9.17) is 21.3 Å². The molecule has 0 spiro atoms. The van der Waals surface area contributed by atoms with Crippen LogP contribution in [0.2, 0.25) is 5.02 Å². The van der Waals surface area contributed by atoms with Crippen molar-refractivity contribution < 1.29 is 9.53 Å². The molecule has 0 bridgehead atoms. The Morgan fingerprint density at radius 2 is 1.68 bits per heavy atom. The van der Waals surface area contributed by atoms with Gasteiger partial charge in [0.25, 0.3) is 5.91 Å². The van der Waals surface area contributed by atoms with Crippen molar-refractivity contribution in [1.29, 1.82) is 0 Å². The summed E-state index contributed by atoms with van der Waals surface area (Å²) in [5.41, 5.74) is 6.77. The minimum Gasteiger partial charge on any atom is -0.497 e. The number of hydrogen-bond acceptors (Lipinski definition) is 3. The normalized spacial score (nSPS) is 10.9. The molecule has 0 aliphatic rings. The number of aryl methyl sites for hydroxylation is 3. The molecule has 0 unspecified atom stereocenters. The van der Waals surface area contributed by atoms with Crippen molar-refractivity contribution in [2.45, 2.75) is 20.8 Å². The Kier molecular flexibility index (Phi) is 5.66. The molecule has 4 aromatic rings. The minimum atomic E-state index is -0.197. The number of carbonyl (C=O) groups is 1. The Morgan fingerprint density at radius 1 is 0.935 bits per heavy atom. The number of ether oxygens (including phenoxy) is 1. The molecule has 4 rings (SSSR count). The Balaban J connectivity index is 1.87. The summed E-state index contributed by atoms with van der Waals surface area (Å²) >= 11 is 6.14. The molecule has 31 heavy (non-hydrogen) atoms. The van der Waals surface area contributed by atoms with Gasteiger partial charge in [-0.3, -0.25) is 4.79 Å². The van der Waals surface area contributed by atoms with Gasteiger partial charge in [-0.2, -0.15) is 0 Å². The highest BCUT2D eigenvalue weighted by Gasteiger charge is 2.17. The van der Waals surface area contributed by atoms with Crippen molar-refractivity contribution in [3.63, 3.8) is 0 Å². The summed E-state index contributed by atoms with van der Waals surface area (Å²) in [6.45, 7) is 5.98. The summed E-state index contributed by atoms with van der Waals surface area (Å²) in [5, 5.41) is 4.43. The number of carbonyl (C=O) groups excluding carboxylic acids is 1. The van der Waals surface area contributed by atoms with E-state index in [0.29, 0.717) is 16.3 Å². The standard InChI is InChI=1S/C26H23ClN2O2/c1-15-11-17(3)25-21(12-15)22(26(30)29-23-13-19(27)8-5-16(23)2)14-24(28-25)18-6-9-20(31-4)10-7-18/h5-14H,1-4H3,(H,29,30). The van der Waals surface area contributed by atoms with Crippen LogP contribution in [0.5, 0.6) is 5.75 Å². The van der Waals surface area contributed by atoms with Crippen molar-refractivity contribution >= 4 is 34.1 Å². The first-order valence-corrected chi connectivity index (χ1v) is 10.4. The van der Waals surface area contributed by atoms with Crippen LogP contribution in [0.15, 0.2) is 60.7 Å². The zero-order valence-corrected chi connectivity index (χ0v) is 18.7. The summed E-state index contributed by atoms with van der Waals surface area (Å²) in [6, 6.07) is 19.1. The topological polar surface area (TPSA) is 51.2 Å². The molecular weight excluding hydrogens is 408 g/mol. The van der Waals surface area contributed by atoms with Gasteiger partial charge in [0.05, 0.1) is 23.9 Å². The maximum atomic E-state index is 13.4. The smallest absolute Gasteiger partial charge is 0.256 e. The van der Waals surface area contributed by atoms with Gasteiger partial charge in [0, 0.05) is 21.7 Å². The number of pyridine rings is 1. The monoisotopic (exact) mass is 430 g/mol. The minimum absolute atomic E-state index is 0.197. The molecule has 0 atom stereocenters. The second-order valence-corrected chi connectivity index (χ2v) is 8.11. The number of anilines is 1. The third-order valence-corrected chi connectivity index (χ3v) is 5.56. The van der Waals surface area contributed by atoms with E-state index in [1.165, 1.54) is 0 Å². The van der Waals surface area contributed by atoms with Gasteiger partial charge in [-0.1, -0.05) is 29.3 Å². The third kappa shape index (κ3) is 4.25. The summed E-state index contributed by atoms with van der Waals surface area (Å²) in [5.74, 6) is 0.572. The average Bonchev–Trinajstić information content (AvgIpc) is 2.75. The van der Waals surface area contributed by atoms with Crippen LogP contribution in [0.25, 0.3) is 22.2 Å². The molecule has 4 nitrogen and oxygen atoms in total. The highest BCUT2D eigenvalue weighted by atomic mass is 35.5. The molecule has 3 aromatic carbocycles. The number of hydrogen-bond donors (Lipinski definition) is 1. The number of nitrogens with zero attached hydrogens (tertiary/aromatic N) is 1. The van der Waals surface area contributed by atoms with Crippen LogP contribution in [-0.4, -0.2) is 18.0 Å². The van der Waals surface area contributed by atoms with Gasteiger partial charge in [0.2, 0.25) is 0 Å². The Morgan fingerprint density at radius 3 is 2.39 bits per heavy atom. The number of halogens is 1. The van der Waals surface area contributed by atoms with E-state index >= 15 is 0 Å². The van der Waals surface area contributed by atoms with Crippen LogP contribution in [0.1, 0.15) is 27.0 Å². The van der Waals surface area contributed by atoms with Crippen molar-refractivity contribution in [1.82, 2.24) is 4.98 Å². The molecule has 156 valence electrons. The molecule has 0 aliphatic carbocycles. The Hall–Kier alpha value is -3.37. The molecule has 0 saturated heterocycles. The maximum absolute atomic E-state index is 13.4. The fourth-order valence-electron chi connectivity index (χ4n) is 3.70. The van der Waals surface area contributed by atoms with Crippen molar-refractivity contribution in [2.75, 3.05) is 12.4 Å². The average molecular weight is 431 g/mol. The molecule has 1 N–H and O–H groups in total. The summed E-state index contributed by atoms with van der Waals surface area (Å²) in [6.07, 6.45) is 0. The third-order valence-electron chi connectivity index (χ3n) is 5.33. The molecule has 1 aromatic heterocycles. The van der Waals surface area contributed by atoms with E-state index in [-0.39, 0.29) is 5.91 Å². The maximum Gasteiger partial charge on any atom is 0.256 e. The first-order valence-electron chi connectivity index (χ1n) is 9.99. The Labute approximate surface area is 186 Å². The SMILES string of the molecule is COc1ccc(-c2cc(C(=O)Nc3cc(Cl)ccc3C)c3cc(C)cc(C)c3n2)cc1. The van der Waals surface area contributed by atoms with Gasteiger partial charge in [-0.05, 0) is 80.4 Å². The molecule has 0 aliphatic heterocycles. The number of rotatable bonds is 4. The van der Waals surface area contributed by atoms with E-state index in [1.807, 2.05) is 69.3 Å². The van der Waals surface area contributed by atoms with Crippen molar-refractivity contribution in [2.24, 2.45) is 0 Å². The van der Waals surface area contributed by atoms with E-state index in [0.717, 1.165) is 44.6 Å². The van der Waals surface area contributed by atoms with Crippen LogP contribution < -0.4 is 10.1 Å². The fraction of sp³-hybridized carbons (Fsp3) is 0.154. The van der Waals surface area contributed by atoms with E-state index < -0.39 is 0 Å². The van der Waals surface area contributed by atoms with Crippen LogP contribution in [0.4, 0.5) is 5.69 Å². The number of aromatic nitrogens is 1. The van der Waals surface area contributed by atoms with Crippen molar-refractivity contribution in [3.05, 3.63) is 87.9 Å². The number of benzene rings is 3. The van der Waals surface area contributed by atoms with Crippen molar-refractivity contribution in [3.8, 4) is 17.0 Å². The molecule has 0 radical (unpaired) electrons. The Bertz CT molecular complexity index is 1300. The van der Waals surface area contributed by atoms with Crippen LogP contribution in [0.3, 0.4) is 0 Å². The van der Waals surface area contributed by atoms with E-state index in [1.54, 1.807) is 13.2 Å². The van der Waals surface area contributed by atoms with Crippen LogP contribution in [0, 0.1) is 20.8 Å². The van der Waals surface area contributed by atoms with Gasteiger partial charge in [-0.15, -0.1) is 0 Å². The van der Waals surface area contributed by atoms with Crippen LogP contribution >= 0.6 is 11.6 Å². The molecule has 1 heterocycles. The highest BCUT2D eigenvalue weighted by Crippen LogP contribution is 2.30. The second kappa shape index (κ2) is 8.40. The zero-order chi connectivity index (χ0) is 22.1. The number of methoxy groups -OCH3 is 1. The summed E-state index contributed by atoms with van der Waals surface area (Å²) < 4.78 is 5.26. The summed E-state index contributed by atoms with van der Waals surface area (Å²) in [4.78, 5) is 18.3.